The van der Waals surface area contributed by atoms with E-state index in [0.29, 0.717) is 10.6 Å². The number of rotatable bonds is 1. The number of halogens is 1. The summed E-state index contributed by atoms with van der Waals surface area (Å²) in [5, 5.41) is 18.5. The Morgan fingerprint density at radius 2 is 2.23 bits per heavy atom. The third-order valence-electron chi connectivity index (χ3n) is 1.72. The van der Waals surface area contributed by atoms with Crippen LogP contribution >= 0.6 is 11.6 Å². The molecule has 0 aliphatic carbocycles. The molecule has 0 aliphatic rings. The van der Waals surface area contributed by atoms with E-state index in [9.17, 15) is 5.11 Å². The van der Waals surface area contributed by atoms with Crippen LogP contribution in [0.1, 0.15) is 11.1 Å². The number of ether oxygens (including phenoxy) is 1. The molecular weight excluding hydrogens is 190 g/mol. The monoisotopic (exact) mass is 197 g/mol. The van der Waals surface area contributed by atoms with Gasteiger partial charge in [-0.25, -0.2) is 0 Å². The zero-order valence-electron chi connectivity index (χ0n) is 7.26. The fourth-order valence-electron chi connectivity index (χ4n) is 1.08. The molecule has 0 aromatic heterocycles. The van der Waals surface area contributed by atoms with Crippen LogP contribution in [0.2, 0.25) is 5.02 Å². The number of methoxy groups -OCH3 is 1. The van der Waals surface area contributed by atoms with Crippen molar-refractivity contribution in [3.63, 3.8) is 0 Å². The van der Waals surface area contributed by atoms with E-state index in [2.05, 4.69) is 0 Å². The van der Waals surface area contributed by atoms with Crippen molar-refractivity contribution in [2.45, 2.75) is 6.92 Å². The number of nitrogens with zero attached hydrogens (tertiary/aromatic N) is 1. The topological polar surface area (TPSA) is 53.2 Å². The summed E-state index contributed by atoms with van der Waals surface area (Å²) in [6.45, 7) is 1.70. The van der Waals surface area contributed by atoms with Crippen LogP contribution < -0.4 is 4.74 Å². The zero-order chi connectivity index (χ0) is 10.0. The van der Waals surface area contributed by atoms with E-state index in [1.165, 1.54) is 7.11 Å². The molecule has 0 saturated heterocycles. The summed E-state index contributed by atoms with van der Waals surface area (Å²) in [5.74, 6) is -0.0567. The maximum absolute atomic E-state index is 9.52. The molecule has 0 spiro atoms. The molecule has 0 aliphatic heterocycles. The van der Waals surface area contributed by atoms with Crippen molar-refractivity contribution in [3.05, 3.63) is 22.2 Å². The van der Waals surface area contributed by atoms with Gasteiger partial charge in [-0.05, 0) is 18.6 Å². The van der Waals surface area contributed by atoms with E-state index >= 15 is 0 Å². The summed E-state index contributed by atoms with van der Waals surface area (Å²) in [4.78, 5) is 0. The van der Waals surface area contributed by atoms with Crippen LogP contribution in [0.15, 0.2) is 6.07 Å². The predicted molar refractivity (Wildman–Crippen MR) is 49.1 cm³/mol. The SMILES string of the molecule is COc1c(Cl)cc(C)c(C#N)c1O. The lowest BCUT2D eigenvalue weighted by molar-refractivity contribution is 0.372. The average Bonchev–Trinajstić information content (AvgIpc) is 2.04. The highest BCUT2D eigenvalue weighted by Gasteiger charge is 2.14. The van der Waals surface area contributed by atoms with Crippen molar-refractivity contribution in [3.8, 4) is 17.6 Å². The summed E-state index contributed by atoms with van der Waals surface area (Å²) in [6.07, 6.45) is 0. The van der Waals surface area contributed by atoms with Gasteiger partial charge in [0.1, 0.15) is 11.6 Å². The lowest BCUT2D eigenvalue weighted by Gasteiger charge is -2.08. The molecule has 1 aromatic rings. The molecular formula is C9H8ClNO2. The molecule has 0 saturated carbocycles. The smallest absolute Gasteiger partial charge is 0.180 e. The number of phenols is 1. The van der Waals surface area contributed by atoms with Gasteiger partial charge >= 0.3 is 0 Å². The summed E-state index contributed by atoms with van der Waals surface area (Å²) >= 11 is 5.77. The van der Waals surface area contributed by atoms with Crippen LogP contribution in [-0.4, -0.2) is 12.2 Å². The van der Waals surface area contributed by atoms with Gasteiger partial charge in [0, 0.05) is 0 Å². The van der Waals surface area contributed by atoms with Crippen molar-refractivity contribution < 1.29 is 9.84 Å². The van der Waals surface area contributed by atoms with Gasteiger partial charge in [0.25, 0.3) is 0 Å². The van der Waals surface area contributed by atoms with Gasteiger partial charge in [0.05, 0.1) is 12.1 Å². The van der Waals surface area contributed by atoms with Gasteiger partial charge in [0.2, 0.25) is 0 Å². The number of hydrogen-bond acceptors (Lipinski definition) is 3. The first-order chi connectivity index (χ1) is 6.11. The molecule has 3 nitrogen and oxygen atoms in total. The Hall–Kier alpha value is -1.40. The second kappa shape index (κ2) is 3.55. The Kier molecular flexibility index (Phi) is 2.64. The van der Waals surface area contributed by atoms with E-state index in [4.69, 9.17) is 21.6 Å². The van der Waals surface area contributed by atoms with Gasteiger partial charge in [-0.2, -0.15) is 5.26 Å². The number of nitriles is 1. The third kappa shape index (κ3) is 1.53. The molecule has 0 bridgehead atoms. The van der Waals surface area contributed by atoms with Crippen molar-refractivity contribution >= 4 is 11.6 Å². The van der Waals surface area contributed by atoms with Gasteiger partial charge in [-0.3, -0.25) is 0 Å². The fraction of sp³-hybridized carbons (Fsp3) is 0.222. The molecule has 0 unspecified atom stereocenters. The van der Waals surface area contributed by atoms with Crippen LogP contribution in [-0.2, 0) is 0 Å². The maximum atomic E-state index is 9.52. The van der Waals surface area contributed by atoms with Crippen LogP contribution in [0.5, 0.6) is 11.5 Å². The molecule has 1 aromatic carbocycles. The van der Waals surface area contributed by atoms with Gasteiger partial charge < -0.3 is 9.84 Å². The Balaban J connectivity index is 3.51. The molecule has 0 radical (unpaired) electrons. The van der Waals surface area contributed by atoms with Crippen LogP contribution in [0, 0.1) is 18.3 Å². The fourth-order valence-corrected chi connectivity index (χ4v) is 1.41. The van der Waals surface area contributed by atoms with Crippen LogP contribution in [0.3, 0.4) is 0 Å². The van der Waals surface area contributed by atoms with Crippen LogP contribution in [0.4, 0.5) is 0 Å². The maximum Gasteiger partial charge on any atom is 0.180 e. The standard InChI is InChI=1S/C9H8ClNO2/c1-5-3-7(10)9(13-2)8(12)6(5)4-11/h3,12H,1-2H3. The Morgan fingerprint density at radius 1 is 1.62 bits per heavy atom. The molecule has 0 amide bonds. The molecule has 1 rings (SSSR count). The van der Waals surface area contributed by atoms with Gasteiger partial charge in [-0.15, -0.1) is 0 Å². The van der Waals surface area contributed by atoms with E-state index in [-0.39, 0.29) is 17.1 Å². The molecule has 1 N–H and O–H groups in total. The van der Waals surface area contributed by atoms with Crippen molar-refractivity contribution in [1.29, 1.82) is 5.26 Å². The van der Waals surface area contributed by atoms with E-state index in [0.717, 1.165) is 0 Å². The predicted octanol–water partition coefficient (Wildman–Crippen LogP) is 2.23. The minimum Gasteiger partial charge on any atom is -0.503 e. The number of hydrogen-bond donors (Lipinski definition) is 1. The Morgan fingerprint density at radius 3 is 2.69 bits per heavy atom. The molecule has 13 heavy (non-hydrogen) atoms. The molecule has 0 fully saturated rings. The van der Waals surface area contributed by atoms with Crippen molar-refractivity contribution in [2.75, 3.05) is 7.11 Å². The second-order valence-electron chi connectivity index (χ2n) is 2.54. The van der Waals surface area contributed by atoms with E-state index in [1.807, 2.05) is 6.07 Å². The first-order valence-corrected chi connectivity index (χ1v) is 3.95. The largest absolute Gasteiger partial charge is 0.503 e. The van der Waals surface area contributed by atoms with Gasteiger partial charge in [-0.1, -0.05) is 11.6 Å². The minimum absolute atomic E-state index is 0.142. The minimum atomic E-state index is -0.199. The summed E-state index contributed by atoms with van der Waals surface area (Å²) < 4.78 is 4.84. The molecule has 68 valence electrons. The molecule has 0 atom stereocenters. The van der Waals surface area contributed by atoms with Gasteiger partial charge in [0.15, 0.2) is 11.5 Å². The highest BCUT2D eigenvalue weighted by Crippen LogP contribution is 2.38. The quantitative estimate of drug-likeness (QED) is 0.751. The highest BCUT2D eigenvalue weighted by atomic mass is 35.5. The summed E-state index contributed by atoms with van der Waals surface area (Å²) in [7, 11) is 1.39. The number of benzene rings is 1. The summed E-state index contributed by atoms with van der Waals surface area (Å²) in [6, 6.07) is 3.46. The normalized spacial score (nSPS) is 9.38. The lowest BCUT2D eigenvalue weighted by Crippen LogP contribution is -1.90. The van der Waals surface area contributed by atoms with E-state index in [1.54, 1.807) is 13.0 Å². The van der Waals surface area contributed by atoms with Crippen molar-refractivity contribution in [2.24, 2.45) is 0 Å². The molecule has 0 heterocycles. The summed E-state index contributed by atoms with van der Waals surface area (Å²) in [5.41, 5.74) is 0.826. The molecule has 4 heteroatoms. The highest BCUT2D eigenvalue weighted by molar-refractivity contribution is 6.32. The lowest BCUT2D eigenvalue weighted by atomic mass is 10.1. The Bertz CT molecular complexity index is 382. The first-order valence-electron chi connectivity index (χ1n) is 3.58. The number of phenolic OH excluding ortho intramolecular Hbond substituents is 1. The average molecular weight is 198 g/mol. The first kappa shape index (κ1) is 9.69. The van der Waals surface area contributed by atoms with Crippen molar-refractivity contribution in [1.82, 2.24) is 0 Å². The third-order valence-corrected chi connectivity index (χ3v) is 2.00. The van der Waals surface area contributed by atoms with E-state index < -0.39 is 0 Å². The second-order valence-corrected chi connectivity index (χ2v) is 2.95. The number of aryl methyl sites for hydroxylation is 1. The zero-order valence-corrected chi connectivity index (χ0v) is 8.01. The Labute approximate surface area is 81.1 Å². The number of aromatic hydroxyl groups is 1. The van der Waals surface area contributed by atoms with Crippen LogP contribution in [0.25, 0.3) is 0 Å².